The SMILES string of the molecule is C=CCOC(=O)N(C)CCl. The van der Waals surface area contributed by atoms with Crippen LogP contribution in [0.2, 0.25) is 0 Å². The second-order valence-corrected chi connectivity index (χ2v) is 1.92. The van der Waals surface area contributed by atoms with Gasteiger partial charge in [0.05, 0.1) is 6.00 Å². The van der Waals surface area contributed by atoms with Crippen molar-refractivity contribution in [3.05, 3.63) is 12.7 Å². The van der Waals surface area contributed by atoms with E-state index in [1.807, 2.05) is 0 Å². The molecule has 0 spiro atoms. The number of hydrogen-bond acceptors (Lipinski definition) is 2. The van der Waals surface area contributed by atoms with Crippen LogP contribution in [0, 0.1) is 0 Å². The highest BCUT2D eigenvalue weighted by atomic mass is 35.5. The maximum absolute atomic E-state index is 10.7. The maximum atomic E-state index is 10.7. The second kappa shape index (κ2) is 5.11. The molecule has 4 heteroatoms. The minimum atomic E-state index is -0.435. The third-order valence-electron chi connectivity index (χ3n) is 0.816. The Kier molecular flexibility index (Phi) is 4.76. The summed E-state index contributed by atoms with van der Waals surface area (Å²) in [5, 5.41) is 0. The number of halogens is 1. The highest BCUT2D eigenvalue weighted by Crippen LogP contribution is 1.91. The summed E-state index contributed by atoms with van der Waals surface area (Å²) < 4.78 is 4.63. The van der Waals surface area contributed by atoms with Crippen molar-refractivity contribution < 1.29 is 9.53 Å². The van der Waals surface area contributed by atoms with Gasteiger partial charge in [-0.25, -0.2) is 4.79 Å². The average Bonchev–Trinajstić information content (AvgIpc) is 1.98. The predicted molar refractivity (Wildman–Crippen MR) is 40.0 cm³/mol. The van der Waals surface area contributed by atoms with Crippen LogP contribution in [0.3, 0.4) is 0 Å². The van der Waals surface area contributed by atoms with E-state index >= 15 is 0 Å². The van der Waals surface area contributed by atoms with Gasteiger partial charge in [0.1, 0.15) is 6.61 Å². The molecule has 0 saturated heterocycles. The number of carbonyl (C=O) groups excluding carboxylic acids is 1. The van der Waals surface area contributed by atoms with E-state index in [0.717, 1.165) is 0 Å². The van der Waals surface area contributed by atoms with Gasteiger partial charge in [0, 0.05) is 7.05 Å². The Morgan fingerprint density at radius 1 is 1.90 bits per heavy atom. The Balaban J connectivity index is 3.51. The van der Waals surface area contributed by atoms with E-state index in [9.17, 15) is 4.79 Å². The number of nitrogens with zero attached hydrogens (tertiary/aromatic N) is 1. The molecule has 0 fully saturated rings. The molecule has 0 radical (unpaired) electrons. The number of alkyl halides is 1. The molecule has 1 amide bonds. The predicted octanol–water partition coefficient (Wildman–Crippen LogP) is 1.44. The van der Waals surface area contributed by atoms with E-state index in [4.69, 9.17) is 11.6 Å². The fourth-order valence-electron chi connectivity index (χ4n) is 0.289. The fourth-order valence-corrected chi connectivity index (χ4v) is 0.387. The van der Waals surface area contributed by atoms with Crippen molar-refractivity contribution in [2.45, 2.75) is 0 Å². The minimum absolute atomic E-state index is 0.135. The van der Waals surface area contributed by atoms with Crippen molar-refractivity contribution in [3.8, 4) is 0 Å². The molecule has 0 saturated carbocycles. The zero-order chi connectivity index (χ0) is 7.98. The molecule has 0 aliphatic heterocycles. The lowest BCUT2D eigenvalue weighted by atomic mass is 10.7. The summed E-state index contributed by atoms with van der Waals surface area (Å²) in [6.07, 6.45) is 1.06. The van der Waals surface area contributed by atoms with Crippen LogP contribution in [-0.4, -0.2) is 30.7 Å². The van der Waals surface area contributed by atoms with Gasteiger partial charge in [0.15, 0.2) is 0 Å². The monoisotopic (exact) mass is 163 g/mol. The Morgan fingerprint density at radius 3 is 2.90 bits per heavy atom. The maximum Gasteiger partial charge on any atom is 0.410 e. The molecule has 0 aromatic carbocycles. The molecule has 0 aliphatic rings. The van der Waals surface area contributed by atoms with E-state index in [2.05, 4.69) is 11.3 Å². The summed E-state index contributed by atoms with van der Waals surface area (Å²) in [6.45, 7) is 3.61. The molecule has 0 N–H and O–H groups in total. The first-order valence-electron chi connectivity index (χ1n) is 2.77. The Morgan fingerprint density at radius 2 is 2.50 bits per heavy atom. The highest BCUT2D eigenvalue weighted by Gasteiger charge is 2.05. The van der Waals surface area contributed by atoms with E-state index < -0.39 is 6.09 Å². The van der Waals surface area contributed by atoms with Crippen molar-refractivity contribution in [3.63, 3.8) is 0 Å². The Labute approximate surface area is 65.2 Å². The van der Waals surface area contributed by atoms with Crippen molar-refractivity contribution in [1.29, 1.82) is 0 Å². The molecule has 0 bridgehead atoms. The topological polar surface area (TPSA) is 29.5 Å². The highest BCUT2D eigenvalue weighted by molar-refractivity contribution is 6.18. The van der Waals surface area contributed by atoms with Crippen LogP contribution in [0.15, 0.2) is 12.7 Å². The molecule has 3 nitrogen and oxygen atoms in total. The summed E-state index contributed by atoms with van der Waals surface area (Å²) in [4.78, 5) is 12.0. The van der Waals surface area contributed by atoms with Gasteiger partial charge in [-0.1, -0.05) is 12.7 Å². The molecule has 0 unspecified atom stereocenters. The number of carbonyl (C=O) groups is 1. The van der Waals surface area contributed by atoms with Crippen LogP contribution >= 0.6 is 11.6 Å². The molecule has 0 heterocycles. The summed E-state index contributed by atoms with van der Waals surface area (Å²) >= 11 is 5.33. The van der Waals surface area contributed by atoms with Crippen LogP contribution in [0.25, 0.3) is 0 Å². The molecule has 10 heavy (non-hydrogen) atoms. The summed E-state index contributed by atoms with van der Waals surface area (Å²) in [7, 11) is 1.55. The van der Waals surface area contributed by atoms with E-state index in [1.165, 1.54) is 11.0 Å². The molecule has 0 aromatic rings. The molecule has 58 valence electrons. The van der Waals surface area contributed by atoms with Gasteiger partial charge in [-0.05, 0) is 0 Å². The Hall–Kier alpha value is -0.700. The van der Waals surface area contributed by atoms with Crippen LogP contribution < -0.4 is 0 Å². The standard InChI is InChI=1S/C6H10ClNO2/c1-3-4-10-6(9)8(2)5-7/h3H,1,4-5H2,2H3. The van der Waals surface area contributed by atoms with Crippen LogP contribution in [0.5, 0.6) is 0 Å². The fraction of sp³-hybridized carbons (Fsp3) is 0.500. The number of rotatable bonds is 3. The first kappa shape index (κ1) is 9.30. The van der Waals surface area contributed by atoms with Gasteiger partial charge in [-0.15, -0.1) is 11.6 Å². The summed E-state index contributed by atoms with van der Waals surface area (Å²) in [5.74, 6) is 0. The van der Waals surface area contributed by atoms with Crippen molar-refractivity contribution in [2.75, 3.05) is 19.7 Å². The lowest BCUT2D eigenvalue weighted by Gasteiger charge is -2.11. The van der Waals surface area contributed by atoms with Gasteiger partial charge >= 0.3 is 6.09 Å². The number of hydrogen-bond donors (Lipinski definition) is 0. The van der Waals surface area contributed by atoms with Gasteiger partial charge in [0.25, 0.3) is 0 Å². The van der Waals surface area contributed by atoms with E-state index in [0.29, 0.717) is 0 Å². The number of amides is 1. The third-order valence-corrected chi connectivity index (χ3v) is 1.17. The quantitative estimate of drug-likeness (QED) is 0.358. The molecule has 0 aliphatic carbocycles. The van der Waals surface area contributed by atoms with Crippen LogP contribution in [0.1, 0.15) is 0 Å². The zero-order valence-corrected chi connectivity index (χ0v) is 6.60. The van der Waals surface area contributed by atoms with Crippen molar-refractivity contribution in [2.24, 2.45) is 0 Å². The average molecular weight is 164 g/mol. The third kappa shape index (κ3) is 3.35. The molecule has 0 aromatic heterocycles. The van der Waals surface area contributed by atoms with Crippen molar-refractivity contribution >= 4 is 17.7 Å². The van der Waals surface area contributed by atoms with Gasteiger partial charge < -0.3 is 4.74 Å². The number of ether oxygens (including phenoxy) is 1. The second-order valence-electron chi connectivity index (χ2n) is 1.68. The molecular formula is C6H10ClNO2. The van der Waals surface area contributed by atoms with Crippen molar-refractivity contribution in [1.82, 2.24) is 4.90 Å². The zero-order valence-electron chi connectivity index (χ0n) is 5.84. The largest absolute Gasteiger partial charge is 0.445 e. The van der Waals surface area contributed by atoms with E-state index in [-0.39, 0.29) is 12.6 Å². The van der Waals surface area contributed by atoms with Gasteiger partial charge in [-0.2, -0.15) is 0 Å². The molecule has 0 rings (SSSR count). The van der Waals surface area contributed by atoms with Gasteiger partial charge in [-0.3, -0.25) is 4.90 Å². The summed E-state index contributed by atoms with van der Waals surface area (Å²) in [5.41, 5.74) is 0. The smallest absolute Gasteiger partial charge is 0.410 e. The van der Waals surface area contributed by atoms with Crippen LogP contribution in [-0.2, 0) is 4.74 Å². The first-order chi connectivity index (χ1) is 4.72. The lowest BCUT2D eigenvalue weighted by molar-refractivity contribution is 0.127. The van der Waals surface area contributed by atoms with E-state index in [1.54, 1.807) is 7.05 Å². The molecular weight excluding hydrogens is 154 g/mol. The van der Waals surface area contributed by atoms with Crippen LogP contribution in [0.4, 0.5) is 4.79 Å². The van der Waals surface area contributed by atoms with Gasteiger partial charge in [0.2, 0.25) is 0 Å². The lowest BCUT2D eigenvalue weighted by Crippen LogP contribution is -2.25. The Bertz CT molecular complexity index is 127. The minimum Gasteiger partial charge on any atom is -0.445 e. The summed E-state index contributed by atoms with van der Waals surface area (Å²) in [6, 6.07) is 0.135. The normalized spacial score (nSPS) is 8.60. The first-order valence-corrected chi connectivity index (χ1v) is 3.30. The molecule has 0 atom stereocenters.